The molecule has 0 amide bonds. The van der Waals surface area contributed by atoms with Crippen LogP contribution in [0.25, 0.3) is 11.0 Å². The lowest BCUT2D eigenvalue weighted by Gasteiger charge is -2.19. The molecule has 3 nitrogen and oxygen atoms in total. The van der Waals surface area contributed by atoms with E-state index in [4.69, 9.17) is 0 Å². The van der Waals surface area contributed by atoms with Crippen LogP contribution in [0, 0.1) is 12.3 Å². The second kappa shape index (κ2) is 3.33. The number of hydrogen-bond acceptors (Lipinski definition) is 2. The van der Waals surface area contributed by atoms with E-state index in [9.17, 15) is 0 Å². The molecule has 0 fully saturated rings. The molecule has 0 aliphatic carbocycles. The number of fused-ring (bicyclic) bond motifs is 1. The van der Waals surface area contributed by atoms with Crippen molar-refractivity contribution in [1.29, 1.82) is 0 Å². The minimum absolute atomic E-state index is 0.269. The highest BCUT2D eigenvalue weighted by Crippen LogP contribution is 2.20. The van der Waals surface area contributed by atoms with Crippen molar-refractivity contribution in [1.82, 2.24) is 14.5 Å². The van der Waals surface area contributed by atoms with Crippen molar-refractivity contribution in [2.24, 2.45) is 5.41 Å². The maximum Gasteiger partial charge on any atom is 0.107 e. The molecule has 0 saturated carbocycles. The average molecular weight is 203 g/mol. The van der Waals surface area contributed by atoms with Crippen molar-refractivity contribution in [2.45, 2.75) is 34.2 Å². The molecule has 0 saturated heterocycles. The molecule has 80 valence electrons. The van der Waals surface area contributed by atoms with E-state index in [0.717, 1.165) is 17.8 Å². The summed E-state index contributed by atoms with van der Waals surface area (Å²) in [7, 11) is 0. The molecule has 0 atom stereocenters. The third-order valence-electron chi connectivity index (χ3n) is 2.29. The Kier molecular flexibility index (Phi) is 2.25. The van der Waals surface area contributed by atoms with Gasteiger partial charge >= 0.3 is 0 Å². The predicted octanol–water partition coefficient (Wildman–Crippen LogP) is 2.79. The zero-order valence-electron chi connectivity index (χ0n) is 9.78. The molecule has 0 aromatic carbocycles. The van der Waals surface area contributed by atoms with E-state index in [1.54, 1.807) is 0 Å². The molecule has 3 heteroatoms. The van der Waals surface area contributed by atoms with Gasteiger partial charge in [0, 0.05) is 12.2 Å². The summed E-state index contributed by atoms with van der Waals surface area (Å²) in [4.78, 5) is 8.59. The van der Waals surface area contributed by atoms with E-state index in [-0.39, 0.29) is 5.41 Å². The number of rotatable bonds is 1. The smallest absolute Gasteiger partial charge is 0.107 e. The van der Waals surface area contributed by atoms with E-state index in [0.29, 0.717) is 0 Å². The third kappa shape index (κ3) is 2.17. The van der Waals surface area contributed by atoms with Crippen LogP contribution in [0.5, 0.6) is 0 Å². The quantitative estimate of drug-likeness (QED) is 0.713. The average Bonchev–Trinajstić information content (AvgIpc) is 2.46. The summed E-state index contributed by atoms with van der Waals surface area (Å²) in [5.41, 5.74) is 3.46. The second-order valence-electron chi connectivity index (χ2n) is 5.25. The maximum absolute atomic E-state index is 4.34. The molecule has 2 rings (SSSR count). The van der Waals surface area contributed by atoms with E-state index < -0.39 is 0 Å². The first-order valence-corrected chi connectivity index (χ1v) is 5.23. The lowest BCUT2D eigenvalue weighted by molar-refractivity contribution is 0.348. The van der Waals surface area contributed by atoms with E-state index in [2.05, 4.69) is 41.4 Å². The Labute approximate surface area is 90.2 Å². The highest BCUT2D eigenvalue weighted by molar-refractivity contribution is 5.74. The van der Waals surface area contributed by atoms with Crippen molar-refractivity contribution in [2.75, 3.05) is 0 Å². The van der Waals surface area contributed by atoms with Crippen LogP contribution in [0.2, 0.25) is 0 Å². The van der Waals surface area contributed by atoms with Crippen LogP contribution < -0.4 is 0 Å². The number of pyridine rings is 1. The summed E-state index contributed by atoms with van der Waals surface area (Å²) >= 11 is 0. The van der Waals surface area contributed by atoms with Crippen LogP contribution >= 0.6 is 0 Å². The van der Waals surface area contributed by atoms with E-state index in [1.807, 2.05) is 19.4 Å². The number of imidazole rings is 1. The highest BCUT2D eigenvalue weighted by atomic mass is 15.1. The van der Waals surface area contributed by atoms with Crippen LogP contribution in [-0.2, 0) is 6.54 Å². The van der Waals surface area contributed by atoms with Crippen molar-refractivity contribution in [3.8, 4) is 0 Å². The normalized spacial score (nSPS) is 12.3. The first-order chi connectivity index (χ1) is 6.96. The van der Waals surface area contributed by atoms with Crippen LogP contribution in [0.4, 0.5) is 0 Å². The third-order valence-corrected chi connectivity index (χ3v) is 2.29. The number of hydrogen-bond donors (Lipinski definition) is 0. The van der Waals surface area contributed by atoms with Gasteiger partial charge in [0.2, 0.25) is 0 Å². The largest absolute Gasteiger partial charge is 0.330 e. The molecule has 0 N–H and O–H groups in total. The molecule has 0 aliphatic heterocycles. The van der Waals surface area contributed by atoms with Crippen LogP contribution in [0.1, 0.15) is 26.5 Å². The first-order valence-electron chi connectivity index (χ1n) is 5.23. The Morgan fingerprint density at radius 1 is 1.27 bits per heavy atom. The van der Waals surface area contributed by atoms with Gasteiger partial charge in [0.1, 0.15) is 5.52 Å². The Morgan fingerprint density at radius 2 is 2.00 bits per heavy atom. The number of aryl methyl sites for hydroxylation is 1. The summed E-state index contributed by atoms with van der Waals surface area (Å²) in [6, 6.07) is 2.09. The van der Waals surface area contributed by atoms with Crippen molar-refractivity contribution >= 4 is 11.0 Å². The van der Waals surface area contributed by atoms with E-state index >= 15 is 0 Å². The lowest BCUT2D eigenvalue weighted by atomic mass is 9.97. The van der Waals surface area contributed by atoms with Gasteiger partial charge in [-0.3, -0.25) is 4.98 Å². The number of aromatic nitrogens is 3. The monoisotopic (exact) mass is 203 g/mol. The molecule has 15 heavy (non-hydrogen) atoms. The van der Waals surface area contributed by atoms with Gasteiger partial charge in [0.25, 0.3) is 0 Å². The van der Waals surface area contributed by atoms with Crippen LogP contribution in [-0.4, -0.2) is 14.5 Å². The summed E-state index contributed by atoms with van der Waals surface area (Å²) in [6.07, 6.45) is 3.74. The second-order valence-corrected chi connectivity index (χ2v) is 5.25. The van der Waals surface area contributed by atoms with Crippen LogP contribution in [0.15, 0.2) is 18.6 Å². The van der Waals surface area contributed by atoms with Gasteiger partial charge in [-0.2, -0.15) is 0 Å². The van der Waals surface area contributed by atoms with Gasteiger partial charge < -0.3 is 4.57 Å². The molecular weight excluding hydrogens is 186 g/mol. The van der Waals surface area contributed by atoms with Gasteiger partial charge in [-0.05, 0) is 18.4 Å². The summed E-state index contributed by atoms with van der Waals surface area (Å²) < 4.78 is 2.20. The number of nitrogens with zero attached hydrogens (tertiary/aromatic N) is 3. The first kappa shape index (κ1) is 10.1. The summed E-state index contributed by atoms with van der Waals surface area (Å²) in [5, 5.41) is 0. The lowest BCUT2D eigenvalue weighted by Crippen LogP contribution is -2.14. The van der Waals surface area contributed by atoms with Crippen molar-refractivity contribution in [3.63, 3.8) is 0 Å². The van der Waals surface area contributed by atoms with Crippen molar-refractivity contribution in [3.05, 3.63) is 24.3 Å². The molecule has 2 aromatic rings. The summed E-state index contributed by atoms with van der Waals surface area (Å²) in [5.74, 6) is 0. The zero-order valence-corrected chi connectivity index (χ0v) is 9.78. The minimum atomic E-state index is 0.269. The van der Waals surface area contributed by atoms with Gasteiger partial charge in [-0.1, -0.05) is 20.8 Å². The summed E-state index contributed by atoms with van der Waals surface area (Å²) in [6.45, 7) is 9.67. The maximum atomic E-state index is 4.34. The minimum Gasteiger partial charge on any atom is -0.330 e. The molecule has 0 spiro atoms. The molecule has 0 radical (unpaired) electrons. The van der Waals surface area contributed by atoms with Gasteiger partial charge in [0.15, 0.2) is 0 Å². The van der Waals surface area contributed by atoms with Gasteiger partial charge in [-0.25, -0.2) is 4.98 Å². The molecule has 0 aliphatic rings. The highest BCUT2D eigenvalue weighted by Gasteiger charge is 2.13. The zero-order chi connectivity index (χ0) is 11.1. The van der Waals surface area contributed by atoms with E-state index in [1.165, 1.54) is 5.52 Å². The molecule has 0 unspecified atom stereocenters. The van der Waals surface area contributed by atoms with Crippen molar-refractivity contribution < 1.29 is 0 Å². The fourth-order valence-corrected chi connectivity index (χ4v) is 1.70. The molecule has 0 bridgehead atoms. The SMILES string of the molecule is Cc1cc2c(cn1)ncn2CC(C)(C)C. The molecule has 2 heterocycles. The Morgan fingerprint density at radius 3 is 2.67 bits per heavy atom. The molecule has 2 aromatic heterocycles. The Bertz CT molecular complexity index is 477. The molecular formula is C12H17N3. The fourth-order valence-electron chi connectivity index (χ4n) is 1.70. The Balaban J connectivity index is 2.48. The standard InChI is InChI=1S/C12H17N3/c1-9-5-11-10(6-13-9)14-8-15(11)7-12(2,3)4/h5-6,8H,7H2,1-4H3. The van der Waals surface area contributed by atoms with Gasteiger partial charge in [-0.15, -0.1) is 0 Å². The van der Waals surface area contributed by atoms with Gasteiger partial charge in [0.05, 0.1) is 18.0 Å². The topological polar surface area (TPSA) is 30.7 Å². The Hall–Kier alpha value is -1.38. The van der Waals surface area contributed by atoms with Crippen LogP contribution in [0.3, 0.4) is 0 Å². The fraction of sp³-hybridized carbons (Fsp3) is 0.500. The predicted molar refractivity (Wildman–Crippen MR) is 61.7 cm³/mol.